The summed E-state index contributed by atoms with van der Waals surface area (Å²) in [5.41, 5.74) is 0. The fourth-order valence-corrected chi connectivity index (χ4v) is 1.58. The lowest BCUT2D eigenvalue weighted by molar-refractivity contribution is -0.143. The quantitative estimate of drug-likeness (QED) is 0.388. The van der Waals surface area contributed by atoms with Gasteiger partial charge in [0.1, 0.15) is 0 Å². The lowest BCUT2D eigenvalue weighted by atomic mass is 10.2. The van der Waals surface area contributed by atoms with E-state index < -0.39 is 0 Å². The fourth-order valence-electron chi connectivity index (χ4n) is 1.58. The zero-order valence-electron chi connectivity index (χ0n) is 11.5. The number of hydrogen-bond donors (Lipinski definition) is 0. The van der Waals surface area contributed by atoms with Crippen LogP contribution in [0.4, 0.5) is 0 Å². The largest absolute Gasteiger partial charge is 0.466 e. The van der Waals surface area contributed by atoms with Gasteiger partial charge in [-0.05, 0) is 26.2 Å². The first-order chi connectivity index (χ1) is 8.31. The number of ether oxygens (including phenoxy) is 2. The maximum atomic E-state index is 11.3. The minimum atomic E-state index is -0.0436. The van der Waals surface area contributed by atoms with Gasteiger partial charge in [-0.25, -0.2) is 0 Å². The summed E-state index contributed by atoms with van der Waals surface area (Å²) < 4.78 is 10.4. The van der Waals surface area contributed by atoms with Crippen molar-refractivity contribution in [2.45, 2.75) is 65.2 Å². The van der Waals surface area contributed by atoms with Gasteiger partial charge in [-0.15, -0.1) is 0 Å². The smallest absolute Gasteiger partial charge is 0.305 e. The molecule has 0 heterocycles. The van der Waals surface area contributed by atoms with Gasteiger partial charge >= 0.3 is 5.97 Å². The molecule has 0 aromatic rings. The van der Waals surface area contributed by atoms with Crippen molar-refractivity contribution in [1.29, 1.82) is 0 Å². The second kappa shape index (κ2) is 13.5. The summed E-state index contributed by atoms with van der Waals surface area (Å²) in [6, 6.07) is 0. The van der Waals surface area contributed by atoms with E-state index in [1.807, 2.05) is 6.92 Å². The van der Waals surface area contributed by atoms with Crippen molar-refractivity contribution in [1.82, 2.24) is 0 Å². The molecule has 0 saturated carbocycles. The minimum Gasteiger partial charge on any atom is -0.466 e. The Kier molecular flexibility index (Phi) is 13.0. The van der Waals surface area contributed by atoms with Crippen molar-refractivity contribution in [2.75, 3.05) is 19.8 Å². The Labute approximate surface area is 106 Å². The van der Waals surface area contributed by atoms with Crippen LogP contribution in [0.5, 0.6) is 0 Å². The highest BCUT2D eigenvalue weighted by Crippen LogP contribution is 2.03. The van der Waals surface area contributed by atoms with Crippen LogP contribution in [0.25, 0.3) is 0 Å². The third kappa shape index (κ3) is 13.4. The van der Waals surface area contributed by atoms with Crippen LogP contribution in [-0.4, -0.2) is 25.8 Å². The summed E-state index contributed by atoms with van der Waals surface area (Å²) in [5.74, 6) is -0.0436. The highest BCUT2D eigenvalue weighted by Gasteiger charge is 2.01. The molecule has 0 bridgehead atoms. The third-order valence-corrected chi connectivity index (χ3v) is 2.63. The molecular weight excluding hydrogens is 216 g/mol. The second-order valence-electron chi connectivity index (χ2n) is 4.29. The van der Waals surface area contributed by atoms with E-state index in [-0.39, 0.29) is 5.97 Å². The highest BCUT2D eigenvalue weighted by molar-refractivity contribution is 5.69. The molecule has 0 radical (unpaired) electrons. The zero-order chi connectivity index (χ0) is 12.8. The molecule has 102 valence electrons. The van der Waals surface area contributed by atoms with E-state index in [9.17, 15) is 4.79 Å². The summed E-state index contributed by atoms with van der Waals surface area (Å²) >= 11 is 0. The lowest BCUT2D eigenvalue weighted by Crippen LogP contribution is -2.05. The molecule has 0 atom stereocenters. The normalized spacial score (nSPS) is 10.5. The van der Waals surface area contributed by atoms with Gasteiger partial charge in [0.15, 0.2) is 0 Å². The molecule has 0 aromatic carbocycles. The number of carbonyl (C=O) groups excluding carboxylic acids is 1. The molecule has 0 aliphatic carbocycles. The van der Waals surface area contributed by atoms with Crippen LogP contribution in [0, 0.1) is 0 Å². The Morgan fingerprint density at radius 3 is 2.29 bits per heavy atom. The van der Waals surface area contributed by atoms with Crippen LogP contribution in [0.1, 0.15) is 65.2 Å². The van der Waals surface area contributed by atoms with Crippen LogP contribution in [0.15, 0.2) is 0 Å². The van der Waals surface area contributed by atoms with E-state index in [1.165, 1.54) is 12.8 Å². The van der Waals surface area contributed by atoms with E-state index >= 15 is 0 Å². The Bertz CT molecular complexity index is 169. The van der Waals surface area contributed by atoms with Gasteiger partial charge in [-0.3, -0.25) is 4.79 Å². The molecule has 0 saturated heterocycles. The molecule has 17 heavy (non-hydrogen) atoms. The summed E-state index contributed by atoms with van der Waals surface area (Å²) in [4.78, 5) is 11.3. The van der Waals surface area contributed by atoms with Crippen molar-refractivity contribution in [3.63, 3.8) is 0 Å². The fraction of sp³-hybridized carbons (Fsp3) is 0.929. The Hall–Kier alpha value is -0.570. The van der Waals surface area contributed by atoms with Crippen molar-refractivity contribution >= 4 is 5.97 Å². The van der Waals surface area contributed by atoms with E-state index in [0.717, 1.165) is 45.3 Å². The summed E-state index contributed by atoms with van der Waals surface area (Å²) in [5, 5.41) is 0. The summed E-state index contributed by atoms with van der Waals surface area (Å²) in [6.45, 7) is 6.35. The SMILES string of the molecule is CCCCCCOC(=O)CCCCCOCC. The monoisotopic (exact) mass is 244 g/mol. The lowest BCUT2D eigenvalue weighted by Gasteiger charge is -2.04. The standard InChI is InChI=1S/C14H28O3/c1-3-5-6-10-13-17-14(15)11-8-7-9-12-16-4-2/h3-13H2,1-2H3. The van der Waals surface area contributed by atoms with Crippen molar-refractivity contribution in [2.24, 2.45) is 0 Å². The molecule has 0 spiro atoms. The first-order valence-corrected chi connectivity index (χ1v) is 7.04. The number of hydrogen-bond acceptors (Lipinski definition) is 3. The highest BCUT2D eigenvalue weighted by atomic mass is 16.5. The van der Waals surface area contributed by atoms with E-state index in [1.54, 1.807) is 0 Å². The molecule has 0 aromatic heterocycles. The zero-order valence-corrected chi connectivity index (χ0v) is 11.5. The maximum Gasteiger partial charge on any atom is 0.305 e. The molecule has 3 heteroatoms. The molecule has 0 N–H and O–H groups in total. The van der Waals surface area contributed by atoms with Crippen molar-refractivity contribution in [3.05, 3.63) is 0 Å². The molecule has 0 fully saturated rings. The van der Waals surface area contributed by atoms with Gasteiger partial charge in [0.2, 0.25) is 0 Å². The molecule has 0 amide bonds. The van der Waals surface area contributed by atoms with Crippen LogP contribution < -0.4 is 0 Å². The Morgan fingerprint density at radius 2 is 1.59 bits per heavy atom. The molecule has 0 aliphatic rings. The van der Waals surface area contributed by atoms with Crippen molar-refractivity contribution < 1.29 is 14.3 Å². The Balaban J connectivity index is 3.12. The van der Waals surface area contributed by atoms with Gasteiger partial charge in [0, 0.05) is 19.6 Å². The van der Waals surface area contributed by atoms with E-state index in [4.69, 9.17) is 9.47 Å². The number of carbonyl (C=O) groups is 1. The first kappa shape index (κ1) is 16.4. The topological polar surface area (TPSA) is 35.5 Å². The number of rotatable bonds is 12. The number of esters is 1. The van der Waals surface area contributed by atoms with Gasteiger partial charge < -0.3 is 9.47 Å². The average molecular weight is 244 g/mol. The van der Waals surface area contributed by atoms with Crippen LogP contribution in [0.3, 0.4) is 0 Å². The minimum absolute atomic E-state index is 0.0436. The third-order valence-electron chi connectivity index (χ3n) is 2.63. The average Bonchev–Trinajstić information content (AvgIpc) is 2.33. The molecule has 0 unspecified atom stereocenters. The van der Waals surface area contributed by atoms with Gasteiger partial charge in [0.25, 0.3) is 0 Å². The second-order valence-corrected chi connectivity index (χ2v) is 4.29. The first-order valence-electron chi connectivity index (χ1n) is 7.04. The molecule has 0 rings (SSSR count). The van der Waals surface area contributed by atoms with Crippen molar-refractivity contribution in [3.8, 4) is 0 Å². The predicted octanol–water partition coefficient (Wildman–Crippen LogP) is 3.71. The van der Waals surface area contributed by atoms with Gasteiger partial charge in [-0.1, -0.05) is 32.6 Å². The predicted molar refractivity (Wildman–Crippen MR) is 70.1 cm³/mol. The summed E-state index contributed by atoms with van der Waals surface area (Å²) in [7, 11) is 0. The van der Waals surface area contributed by atoms with E-state index in [2.05, 4.69) is 6.92 Å². The van der Waals surface area contributed by atoms with E-state index in [0.29, 0.717) is 13.0 Å². The molecule has 0 aliphatic heterocycles. The maximum absolute atomic E-state index is 11.3. The van der Waals surface area contributed by atoms with Gasteiger partial charge in [0.05, 0.1) is 6.61 Å². The van der Waals surface area contributed by atoms with Crippen LogP contribution in [-0.2, 0) is 14.3 Å². The molecule has 3 nitrogen and oxygen atoms in total. The van der Waals surface area contributed by atoms with Crippen LogP contribution in [0.2, 0.25) is 0 Å². The summed E-state index contributed by atoms with van der Waals surface area (Å²) in [6.07, 6.45) is 8.17. The molecular formula is C14H28O3. The number of unbranched alkanes of at least 4 members (excludes halogenated alkanes) is 5. The Morgan fingerprint density at radius 1 is 0.882 bits per heavy atom. The van der Waals surface area contributed by atoms with Crippen LogP contribution >= 0.6 is 0 Å². The van der Waals surface area contributed by atoms with Gasteiger partial charge in [-0.2, -0.15) is 0 Å².